The third-order valence-corrected chi connectivity index (χ3v) is 17.1. The number of hydrogen-bond donors (Lipinski definition) is 0. The third-order valence-electron chi connectivity index (χ3n) is 17.1. The highest BCUT2D eigenvalue weighted by Gasteiger charge is 2.49. The molecule has 4 aliphatic heterocycles. The van der Waals surface area contributed by atoms with Gasteiger partial charge in [0.2, 0.25) is 0 Å². The van der Waals surface area contributed by atoms with Gasteiger partial charge in [0.15, 0.2) is 0 Å². The van der Waals surface area contributed by atoms with Gasteiger partial charge >= 0.3 is 0 Å². The summed E-state index contributed by atoms with van der Waals surface area (Å²) in [6, 6.07) is 64.1. The predicted molar refractivity (Wildman–Crippen MR) is 336 cm³/mol. The maximum atomic E-state index is 7.33. The highest BCUT2D eigenvalue weighted by atomic mass is 16.5. The van der Waals surface area contributed by atoms with E-state index in [1.54, 1.807) is 0 Å². The summed E-state index contributed by atoms with van der Waals surface area (Å²) in [6.07, 6.45) is 0. The summed E-state index contributed by atoms with van der Waals surface area (Å²) in [4.78, 5) is 5.48. The number of ether oxygens (including phenoxy) is 2. The first-order chi connectivity index (χ1) is 37.4. The number of rotatable bonds is 0. The number of hydrogen-bond acceptors (Lipinski definition) is 4. The molecule has 79 heavy (non-hydrogen) atoms. The Labute approximate surface area is 470 Å². The Kier molecular flexibility index (Phi) is 11.2. The lowest BCUT2D eigenvalue weighted by atomic mass is 9.32. The molecule has 0 N–H and O–H groups in total. The molecule has 4 heterocycles. The molecule has 0 amide bonds. The van der Waals surface area contributed by atoms with Crippen LogP contribution in [0.5, 0.6) is 23.0 Å². The summed E-state index contributed by atoms with van der Waals surface area (Å²) in [5, 5.41) is 0. The van der Waals surface area contributed by atoms with E-state index in [0.29, 0.717) is 0 Å². The van der Waals surface area contributed by atoms with Gasteiger partial charge < -0.3 is 19.3 Å². The Balaban J connectivity index is 1.32. The number of nitrogens with zero attached hydrogens (tertiary/aromatic N) is 2. The van der Waals surface area contributed by atoms with Gasteiger partial charge in [0.05, 0.1) is 11.4 Å². The lowest BCUT2D eigenvalue weighted by molar-refractivity contribution is 0.486. The molecule has 0 bridgehead atoms. The lowest BCUT2D eigenvalue weighted by Crippen LogP contribution is -2.62. The molecule has 0 aliphatic carbocycles. The van der Waals surface area contributed by atoms with Crippen LogP contribution in [-0.2, 0) is 27.1 Å². The molecule has 0 fully saturated rings. The van der Waals surface area contributed by atoms with Gasteiger partial charge in [0, 0.05) is 67.3 Å². The zero-order valence-electron chi connectivity index (χ0n) is 49.0. The van der Waals surface area contributed by atoms with Crippen LogP contribution in [0, 0.1) is 0 Å². The molecule has 0 saturated heterocycles. The van der Waals surface area contributed by atoms with E-state index < -0.39 is 0 Å². The second-order valence-electron chi connectivity index (χ2n) is 27.8. The van der Waals surface area contributed by atoms with Gasteiger partial charge in [-0.05, 0) is 120 Å². The molecule has 0 atom stereocenters. The van der Waals surface area contributed by atoms with Crippen molar-refractivity contribution < 1.29 is 9.47 Å². The SMILES string of the molecule is CC(C)(C)c1cc2c3c(c1)-c1ccccc1Oc1ccccc1-c1cccc(C(C)(C)C)c1N3c1cc(C(C)(C)C)cc3c1B2c1cc(C(C)(C)C)cc2c1N3c1c(cccc1C(C)(C)C)-c1ccccc1Oc1ccccc1-2. The van der Waals surface area contributed by atoms with Crippen molar-refractivity contribution in [2.24, 2.45) is 0 Å². The van der Waals surface area contributed by atoms with Gasteiger partial charge in [0.1, 0.15) is 23.0 Å². The Bertz CT molecular complexity index is 3760. The molecule has 0 unspecified atom stereocenters. The quantitative estimate of drug-likeness (QED) is 0.141. The minimum Gasteiger partial charge on any atom is -0.456 e. The fourth-order valence-electron chi connectivity index (χ4n) is 13.0. The van der Waals surface area contributed by atoms with Crippen molar-refractivity contribution in [3.63, 3.8) is 0 Å². The average molecular weight is 1030 g/mol. The van der Waals surface area contributed by atoms with Crippen LogP contribution in [0.4, 0.5) is 34.1 Å². The zero-order chi connectivity index (χ0) is 55.5. The molecule has 394 valence electrons. The van der Waals surface area contributed by atoms with Gasteiger partial charge in [-0.25, -0.2) is 0 Å². The topological polar surface area (TPSA) is 24.9 Å². The van der Waals surface area contributed by atoms with E-state index in [1.165, 1.54) is 78.3 Å². The molecule has 0 spiro atoms. The molecule has 13 rings (SSSR count). The van der Waals surface area contributed by atoms with E-state index in [-0.39, 0.29) is 33.8 Å². The molecular formula is C74H73BN2O2. The van der Waals surface area contributed by atoms with Crippen molar-refractivity contribution in [2.75, 3.05) is 9.80 Å². The number of para-hydroxylation sites is 6. The summed E-state index contributed by atoms with van der Waals surface area (Å²) in [5.41, 5.74) is 24.9. The van der Waals surface area contributed by atoms with Crippen LogP contribution in [0.3, 0.4) is 0 Å². The second-order valence-corrected chi connectivity index (χ2v) is 27.8. The molecule has 9 aromatic rings. The number of fused-ring (bicyclic) bond motifs is 16. The Morgan fingerprint density at radius 1 is 0.291 bits per heavy atom. The number of anilines is 6. The largest absolute Gasteiger partial charge is 0.456 e. The molecule has 0 radical (unpaired) electrons. The minimum atomic E-state index is -0.264. The molecule has 5 heteroatoms. The van der Waals surface area contributed by atoms with Crippen LogP contribution in [0.2, 0.25) is 0 Å². The van der Waals surface area contributed by atoms with E-state index in [0.717, 1.165) is 67.5 Å². The highest BCUT2D eigenvalue weighted by molar-refractivity contribution is 7.00. The monoisotopic (exact) mass is 1030 g/mol. The highest BCUT2D eigenvalue weighted by Crippen LogP contribution is 2.59. The first-order valence-electron chi connectivity index (χ1n) is 28.5. The maximum Gasteiger partial charge on any atom is 0.252 e. The van der Waals surface area contributed by atoms with E-state index >= 15 is 0 Å². The Hall–Kier alpha value is -7.76. The van der Waals surface area contributed by atoms with Crippen molar-refractivity contribution in [2.45, 2.75) is 131 Å². The molecule has 0 saturated carbocycles. The summed E-state index contributed by atoms with van der Waals surface area (Å²) in [7, 11) is 0. The van der Waals surface area contributed by atoms with Crippen LogP contribution >= 0.6 is 0 Å². The predicted octanol–water partition coefficient (Wildman–Crippen LogP) is 19.1. The first kappa shape index (κ1) is 50.7. The van der Waals surface area contributed by atoms with Crippen LogP contribution in [-0.4, -0.2) is 6.71 Å². The maximum absolute atomic E-state index is 7.33. The van der Waals surface area contributed by atoms with Crippen molar-refractivity contribution in [1.82, 2.24) is 0 Å². The normalized spacial score (nSPS) is 14.1. The molecule has 4 nitrogen and oxygen atoms in total. The van der Waals surface area contributed by atoms with Crippen LogP contribution in [0.1, 0.15) is 132 Å². The Morgan fingerprint density at radius 2 is 0.595 bits per heavy atom. The smallest absolute Gasteiger partial charge is 0.252 e. The molecule has 4 aliphatic rings. The summed E-state index contributed by atoms with van der Waals surface area (Å²) < 4.78 is 14.7. The fraction of sp³-hybridized carbons (Fsp3) is 0.270. The molecule has 9 aromatic carbocycles. The van der Waals surface area contributed by atoms with E-state index in [9.17, 15) is 0 Å². The molecular weight excluding hydrogens is 960 g/mol. The average Bonchev–Trinajstić information content (AvgIpc) is 3.52. The zero-order valence-corrected chi connectivity index (χ0v) is 49.0. The van der Waals surface area contributed by atoms with Gasteiger partial charge in [-0.2, -0.15) is 0 Å². The summed E-state index contributed by atoms with van der Waals surface area (Å²) in [5.74, 6) is 3.33. The first-order valence-corrected chi connectivity index (χ1v) is 28.5. The van der Waals surface area contributed by atoms with Crippen molar-refractivity contribution >= 4 is 57.2 Å². The van der Waals surface area contributed by atoms with Crippen molar-refractivity contribution in [1.29, 1.82) is 0 Å². The van der Waals surface area contributed by atoms with E-state index in [2.05, 4.69) is 284 Å². The molecule has 0 aromatic heterocycles. The van der Waals surface area contributed by atoms with Crippen molar-refractivity contribution in [3.05, 3.63) is 198 Å². The minimum absolute atomic E-state index is 0.208. The van der Waals surface area contributed by atoms with Gasteiger partial charge in [-0.15, -0.1) is 0 Å². The van der Waals surface area contributed by atoms with Crippen LogP contribution < -0.4 is 35.7 Å². The fourth-order valence-corrected chi connectivity index (χ4v) is 13.0. The second kappa shape index (κ2) is 17.4. The summed E-state index contributed by atoms with van der Waals surface area (Å²) in [6.45, 7) is 35.4. The summed E-state index contributed by atoms with van der Waals surface area (Å²) >= 11 is 0. The third kappa shape index (κ3) is 8.00. The van der Waals surface area contributed by atoms with E-state index in [1.807, 2.05) is 0 Å². The van der Waals surface area contributed by atoms with Crippen LogP contribution in [0.15, 0.2) is 170 Å². The van der Waals surface area contributed by atoms with Gasteiger partial charge in [-0.3, -0.25) is 0 Å². The van der Waals surface area contributed by atoms with E-state index in [4.69, 9.17) is 9.47 Å². The van der Waals surface area contributed by atoms with Crippen molar-refractivity contribution in [3.8, 4) is 67.5 Å². The Morgan fingerprint density at radius 3 is 0.924 bits per heavy atom. The van der Waals surface area contributed by atoms with Gasteiger partial charge in [-0.1, -0.05) is 225 Å². The lowest BCUT2D eigenvalue weighted by Gasteiger charge is -2.49. The standard InChI is InChI=1S/C74H73BN2O2/c1-70(2,3)44-38-53-49-28-18-22-36-63(49)78-61-34-20-16-26-47(61)51-30-24-32-55(73(10,11)12)66(51)76-59-42-46(72(7,8)9)43-60-65(59)75(57(40-44)68(53)76)58-41-45(71(4,5)6)39-54-50-29-19-23-37-64(50)79-62-35-21-17-27-48(62)52-31-25-33-56(74(13,14)15)67(52)77(60)69(54)58/h16-43H,1-15H3. The van der Waals surface area contributed by atoms with Gasteiger partial charge in [0.25, 0.3) is 6.71 Å². The van der Waals surface area contributed by atoms with Crippen LogP contribution in [0.25, 0.3) is 44.5 Å². The number of benzene rings is 9.